The van der Waals surface area contributed by atoms with Gasteiger partial charge in [-0.2, -0.15) is 5.10 Å². The highest BCUT2D eigenvalue weighted by Crippen LogP contribution is 2.22. The fourth-order valence-corrected chi connectivity index (χ4v) is 2.28. The molecule has 0 amide bonds. The van der Waals surface area contributed by atoms with Crippen molar-refractivity contribution in [2.24, 2.45) is 0 Å². The Morgan fingerprint density at radius 3 is 2.95 bits per heavy atom. The highest BCUT2D eigenvalue weighted by molar-refractivity contribution is 5.46. The largest absolute Gasteiger partial charge is 0.494 e. The molecule has 0 saturated carbocycles. The topological polar surface area (TPSA) is 57.8 Å². The summed E-state index contributed by atoms with van der Waals surface area (Å²) in [5.41, 5.74) is 0.912. The van der Waals surface area contributed by atoms with E-state index in [9.17, 15) is 0 Å². The molecular weight excluding hydrogens is 266 g/mol. The van der Waals surface area contributed by atoms with E-state index in [0.29, 0.717) is 0 Å². The zero-order valence-electron chi connectivity index (χ0n) is 11.9. The van der Waals surface area contributed by atoms with E-state index in [1.54, 1.807) is 19.6 Å². The van der Waals surface area contributed by atoms with Gasteiger partial charge in [0.15, 0.2) is 0 Å². The summed E-state index contributed by atoms with van der Waals surface area (Å²) in [4.78, 5) is 8.40. The quantitative estimate of drug-likeness (QED) is 0.695. The van der Waals surface area contributed by atoms with Crippen molar-refractivity contribution in [2.45, 2.75) is 19.4 Å². The van der Waals surface area contributed by atoms with Gasteiger partial charge in [0, 0.05) is 25.4 Å². The number of methoxy groups -OCH3 is 1. The van der Waals surface area contributed by atoms with Gasteiger partial charge in [-0.3, -0.25) is 0 Å². The number of para-hydroxylation sites is 2. The molecule has 0 N–H and O–H groups in total. The van der Waals surface area contributed by atoms with Crippen molar-refractivity contribution in [1.29, 1.82) is 0 Å². The Bertz CT molecular complexity index is 690. The average Bonchev–Trinajstić information content (AvgIpc) is 3.19. The predicted molar refractivity (Wildman–Crippen MR) is 78.5 cm³/mol. The molecule has 108 valence electrons. The zero-order chi connectivity index (χ0) is 14.5. The maximum Gasteiger partial charge on any atom is 0.144 e. The average molecular weight is 283 g/mol. The molecule has 2 aromatic heterocycles. The summed E-state index contributed by atoms with van der Waals surface area (Å²) in [5.74, 6) is 1.72. The number of ether oxygens (including phenoxy) is 1. The minimum absolute atomic E-state index is 0.791. The van der Waals surface area contributed by atoms with Gasteiger partial charge < -0.3 is 9.30 Å². The summed E-state index contributed by atoms with van der Waals surface area (Å²) in [5, 5.41) is 4.32. The first-order valence-electron chi connectivity index (χ1n) is 6.86. The molecule has 0 aliphatic rings. The molecule has 3 aromatic rings. The van der Waals surface area contributed by atoms with E-state index in [4.69, 9.17) is 4.74 Å². The van der Waals surface area contributed by atoms with Crippen molar-refractivity contribution in [3.8, 4) is 11.4 Å². The van der Waals surface area contributed by atoms with Crippen molar-refractivity contribution in [2.75, 3.05) is 7.11 Å². The van der Waals surface area contributed by atoms with Crippen molar-refractivity contribution in [1.82, 2.24) is 24.3 Å². The third-order valence-corrected chi connectivity index (χ3v) is 3.31. The van der Waals surface area contributed by atoms with Gasteiger partial charge in [-0.25, -0.2) is 14.6 Å². The molecule has 3 rings (SSSR count). The van der Waals surface area contributed by atoms with E-state index in [2.05, 4.69) is 19.6 Å². The second-order valence-electron chi connectivity index (χ2n) is 4.66. The Morgan fingerprint density at radius 2 is 2.14 bits per heavy atom. The SMILES string of the molecule is COc1ccccc1-n1ncnc1CCCn1ccnc1. The molecule has 0 saturated heterocycles. The van der Waals surface area contributed by atoms with E-state index < -0.39 is 0 Å². The fraction of sp³-hybridized carbons (Fsp3) is 0.267. The maximum atomic E-state index is 5.39. The van der Waals surface area contributed by atoms with Gasteiger partial charge in [-0.05, 0) is 18.6 Å². The maximum absolute atomic E-state index is 5.39. The lowest BCUT2D eigenvalue weighted by molar-refractivity contribution is 0.411. The van der Waals surface area contributed by atoms with E-state index in [-0.39, 0.29) is 0 Å². The normalized spacial score (nSPS) is 10.7. The summed E-state index contributed by atoms with van der Waals surface area (Å²) in [6.45, 7) is 0.915. The van der Waals surface area contributed by atoms with Crippen LogP contribution in [0.4, 0.5) is 0 Å². The molecule has 0 bridgehead atoms. The number of aromatic nitrogens is 5. The first-order valence-corrected chi connectivity index (χ1v) is 6.86. The van der Waals surface area contributed by atoms with Crippen LogP contribution in [-0.2, 0) is 13.0 Å². The van der Waals surface area contributed by atoms with Crippen LogP contribution in [0.1, 0.15) is 12.2 Å². The van der Waals surface area contributed by atoms with Crippen LogP contribution in [0, 0.1) is 0 Å². The molecule has 1 aromatic carbocycles. The van der Waals surface area contributed by atoms with Crippen molar-refractivity contribution < 1.29 is 4.74 Å². The van der Waals surface area contributed by atoms with Crippen molar-refractivity contribution >= 4 is 0 Å². The number of benzene rings is 1. The third kappa shape index (κ3) is 2.94. The Morgan fingerprint density at radius 1 is 1.24 bits per heavy atom. The zero-order valence-corrected chi connectivity index (χ0v) is 11.9. The molecular formula is C15H17N5O. The molecule has 6 heteroatoms. The number of nitrogens with zero attached hydrogens (tertiary/aromatic N) is 5. The van der Waals surface area contributed by atoms with Crippen LogP contribution in [0.2, 0.25) is 0 Å². The molecule has 0 fully saturated rings. The lowest BCUT2D eigenvalue weighted by atomic mass is 10.2. The summed E-state index contributed by atoms with van der Waals surface area (Å²) in [7, 11) is 1.66. The summed E-state index contributed by atoms with van der Waals surface area (Å²) in [6, 6.07) is 7.81. The summed E-state index contributed by atoms with van der Waals surface area (Å²) in [6.07, 6.45) is 8.98. The number of imidazole rings is 1. The minimum atomic E-state index is 0.791. The highest BCUT2D eigenvalue weighted by atomic mass is 16.5. The number of aryl methyl sites for hydroxylation is 2. The molecule has 0 radical (unpaired) electrons. The lowest BCUT2D eigenvalue weighted by Gasteiger charge is -2.10. The molecule has 0 unspecified atom stereocenters. The molecule has 0 aliphatic carbocycles. The van der Waals surface area contributed by atoms with Crippen LogP contribution in [0.25, 0.3) is 5.69 Å². The standard InChI is InChI=1S/C15H17N5O/c1-21-14-6-3-2-5-13(14)20-15(17-11-18-20)7-4-9-19-10-8-16-12-19/h2-3,5-6,8,10-12H,4,7,9H2,1H3. The van der Waals surface area contributed by atoms with Crippen LogP contribution in [-0.4, -0.2) is 31.4 Å². The monoisotopic (exact) mass is 283 g/mol. The lowest BCUT2D eigenvalue weighted by Crippen LogP contribution is -2.06. The molecule has 0 aliphatic heterocycles. The van der Waals surface area contributed by atoms with E-state index in [1.165, 1.54) is 0 Å². The number of hydrogen-bond donors (Lipinski definition) is 0. The minimum Gasteiger partial charge on any atom is -0.494 e. The van der Waals surface area contributed by atoms with Crippen molar-refractivity contribution in [3.63, 3.8) is 0 Å². The first-order chi connectivity index (χ1) is 10.4. The van der Waals surface area contributed by atoms with Crippen LogP contribution in [0.5, 0.6) is 5.75 Å². The molecule has 2 heterocycles. The van der Waals surface area contributed by atoms with Crippen LogP contribution >= 0.6 is 0 Å². The number of hydrogen-bond acceptors (Lipinski definition) is 4. The second-order valence-corrected chi connectivity index (χ2v) is 4.66. The van der Waals surface area contributed by atoms with E-state index in [0.717, 1.165) is 36.6 Å². The van der Waals surface area contributed by atoms with E-state index >= 15 is 0 Å². The van der Waals surface area contributed by atoms with Gasteiger partial charge in [0.05, 0.1) is 13.4 Å². The molecule has 6 nitrogen and oxygen atoms in total. The van der Waals surface area contributed by atoms with Gasteiger partial charge >= 0.3 is 0 Å². The molecule has 21 heavy (non-hydrogen) atoms. The molecule has 0 atom stereocenters. The van der Waals surface area contributed by atoms with Gasteiger partial charge in [-0.1, -0.05) is 12.1 Å². The van der Waals surface area contributed by atoms with Crippen molar-refractivity contribution in [3.05, 3.63) is 55.1 Å². The third-order valence-electron chi connectivity index (χ3n) is 3.31. The Hall–Kier alpha value is -2.63. The smallest absolute Gasteiger partial charge is 0.144 e. The second kappa shape index (κ2) is 6.21. The number of rotatable bonds is 6. The van der Waals surface area contributed by atoms with Crippen LogP contribution < -0.4 is 4.74 Å². The Labute approximate surface area is 123 Å². The summed E-state index contributed by atoms with van der Waals surface area (Å²) < 4.78 is 9.29. The highest BCUT2D eigenvalue weighted by Gasteiger charge is 2.10. The van der Waals surface area contributed by atoms with Gasteiger partial charge in [0.2, 0.25) is 0 Å². The fourth-order valence-electron chi connectivity index (χ4n) is 2.28. The first kappa shape index (κ1) is 13.4. The predicted octanol–water partition coefficient (Wildman–Crippen LogP) is 2.11. The van der Waals surface area contributed by atoms with E-state index in [1.807, 2.05) is 41.5 Å². The van der Waals surface area contributed by atoms with Crippen LogP contribution in [0.3, 0.4) is 0 Å². The summed E-state index contributed by atoms with van der Waals surface area (Å²) >= 11 is 0. The van der Waals surface area contributed by atoms with Gasteiger partial charge in [0.25, 0.3) is 0 Å². The molecule has 0 spiro atoms. The van der Waals surface area contributed by atoms with Gasteiger partial charge in [-0.15, -0.1) is 0 Å². The van der Waals surface area contributed by atoms with Crippen LogP contribution in [0.15, 0.2) is 49.3 Å². The Kier molecular flexibility index (Phi) is 3.95. The Balaban J connectivity index is 1.74. The van der Waals surface area contributed by atoms with Gasteiger partial charge in [0.1, 0.15) is 23.6 Å².